The maximum atomic E-state index is 13.0. The second-order valence-corrected chi connectivity index (χ2v) is 8.15. The zero-order chi connectivity index (χ0) is 22.1. The van der Waals surface area contributed by atoms with Gasteiger partial charge in [0.2, 0.25) is 11.7 Å². The van der Waals surface area contributed by atoms with Crippen molar-refractivity contribution in [3.8, 4) is 0 Å². The summed E-state index contributed by atoms with van der Waals surface area (Å²) in [7, 11) is 0. The van der Waals surface area contributed by atoms with Gasteiger partial charge in [0.25, 0.3) is 0 Å². The maximum Gasteiger partial charge on any atom is 0.311 e. The van der Waals surface area contributed by atoms with Gasteiger partial charge in [-0.15, -0.1) is 0 Å². The molecule has 4 rings (SSSR count). The van der Waals surface area contributed by atoms with Gasteiger partial charge in [-0.3, -0.25) is 14.4 Å². The monoisotopic (exact) mass is 418 g/mol. The summed E-state index contributed by atoms with van der Waals surface area (Å²) in [4.78, 5) is 43.3. The molecule has 3 aromatic rings. The van der Waals surface area contributed by atoms with Gasteiger partial charge < -0.3 is 14.6 Å². The lowest BCUT2D eigenvalue weighted by atomic mass is 10.0. The molecule has 1 amide bonds. The van der Waals surface area contributed by atoms with Crippen LogP contribution >= 0.6 is 0 Å². The second-order valence-electron chi connectivity index (χ2n) is 8.15. The van der Waals surface area contributed by atoms with E-state index in [1.165, 1.54) is 0 Å². The number of carbonyl (C=O) groups is 3. The number of nitrogens with zero attached hydrogens (tertiary/aromatic N) is 1. The predicted molar refractivity (Wildman–Crippen MR) is 118 cm³/mol. The summed E-state index contributed by atoms with van der Waals surface area (Å²) in [6, 6.07) is 17.1. The normalized spacial score (nSPS) is 18.2. The fourth-order valence-corrected chi connectivity index (χ4v) is 4.30. The largest absolute Gasteiger partial charge is 0.454 e. The van der Waals surface area contributed by atoms with Gasteiger partial charge in [-0.1, -0.05) is 48.5 Å². The number of fused-ring (bicyclic) bond motifs is 1. The van der Waals surface area contributed by atoms with E-state index in [0.29, 0.717) is 12.1 Å². The lowest BCUT2D eigenvalue weighted by molar-refractivity contribution is -0.151. The summed E-state index contributed by atoms with van der Waals surface area (Å²) in [5.41, 5.74) is 3.17. The molecular formula is C25H26N2O4. The summed E-state index contributed by atoms with van der Waals surface area (Å²) in [6.45, 7) is 5.66. The molecule has 0 saturated carbocycles. The molecule has 160 valence electrons. The zero-order valence-electron chi connectivity index (χ0n) is 17.9. The molecule has 6 nitrogen and oxygen atoms in total. The number of amides is 1. The van der Waals surface area contributed by atoms with Crippen LogP contribution in [-0.4, -0.2) is 40.2 Å². The highest BCUT2D eigenvalue weighted by molar-refractivity contribution is 6.11. The number of Topliss-reactive ketones (excluding diaryl/α,β-unsaturated/α-hetero) is 1. The first-order valence-electron chi connectivity index (χ1n) is 10.5. The zero-order valence-corrected chi connectivity index (χ0v) is 17.9. The lowest BCUT2D eigenvalue weighted by Crippen LogP contribution is -2.31. The number of para-hydroxylation sites is 1. The van der Waals surface area contributed by atoms with Crippen LogP contribution in [0.2, 0.25) is 0 Å². The average Bonchev–Trinajstić information content (AvgIpc) is 3.32. The third-order valence-corrected chi connectivity index (χ3v) is 6.04. The van der Waals surface area contributed by atoms with Gasteiger partial charge in [0.1, 0.15) is 0 Å². The first-order valence-corrected chi connectivity index (χ1v) is 10.5. The van der Waals surface area contributed by atoms with Gasteiger partial charge in [-0.05, 0) is 32.4 Å². The number of ether oxygens (including phenoxy) is 1. The Morgan fingerprint density at radius 1 is 1.06 bits per heavy atom. The second kappa shape index (κ2) is 8.38. The molecular weight excluding hydrogens is 392 g/mol. The third kappa shape index (κ3) is 3.98. The molecule has 0 radical (unpaired) electrons. The molecule has 1 aromatic heterocycles. The van der Waals surface area contributed by atoms with Crippen LogP contribution in [0.5, 0.6) is 0 Å². The summed E-state index contributed by atoms with van der Waals surface area (Å²) in [6.07, 6.45) is -0.829. The van der Waals surface area contributed by atoms with E-state index in [9.17, 15) is 14.4 Å². The Labute approximate surface area is 181 Å². The van der Waals surface area contributed by atoms with Crippen molar-refractivity contribution in [2.24, 2.45) is 5.92 Å². The van der Waals surface area contributed by atoms with Crippen LogP contribution in [0.15, 0.2) is 54.6 Å². The van der Waals surface area contributed by atoms with E-state index < -0.39 is 18.0 Å². The molecule has 2 heterocycles. The van der Waals surface area contributed by atoms with E-state index in [2.05, 4.69) is 4.98 Å². The van der Waals surface area contributed by atoms with Crippen molar-refractivity contribution in [3.63, 3.8) is 0 Å². The minimum atomic E-state index is -0.930. The number of ketones is 1. The average molecular weight is 418 g/mol. The number of rotatable bonds is 6. The van der Waals surface area contributed by atoms with Crippen LogP contribution in [0.3, 0.4) is 0 Å². The number of benzene rings is 2. The molecule has 1 aliphatic rings. The van der Waals surface area contributed by atoms with E-state index in [4.69, 9.17) is 4.74 Å². The molecule has 0 spiro atoms. The number of H-pyrrole nitrogens is 1. The number of likely N-dealkylation sites (tertiary alicyclic amines) is 1. The Bertz CT molecular complexity index is 1130. The van der Waals surface area contributed by atoms with Gasteiger partial charge in [0, 0.05) is 35.1 Å². The smallest absolute Gasteiger partial charge is 0.311 e. The highest BCUT2D eigenvalue weighted by Gasteiger charge is 2.39. The van der Waals surface area contributed by atoms with Crippen LogP contribution < -0.4 is 0 Å². The predicted octanol–water partition coefficient (Wildman–Crippen LogP) is 4.20. The number of aromatic amines is 1. The van der Waals surface area contributed by atoms with Gasteiger partial charge >= 0.3 is 5.97 Å². The molecule has 1 saturated heterocycles. The number of aryl methyl sites for hydroxylation is 1. The summed E-state index contributed by atoms with van der Waals surface area (Å²) in [5, 5.41) is 0.812. The van der Waals surface area contributed by atoms with Gasteiger partial charge in [0.05, 0.1) is 12.0 Å². The number of hydrogen-bond donors (Lipinski definition) is 1. The summed E-state index contributed by atoms with van der Waals surface area (Å²) >= 11 is 0. The standard InChI is InChI=1S/C25H26N2O4/c1-15-23(20-11-7-8-12-21(20)26-15)24(29)17(3)31-25(30)19-13-22(28)27(14-19)16(2)18-9-5-4-6-10-18/h4-12,16-17,19,26H,13-14H2,1-3H3/t16-,17+,19-/m0/s1. The first kappa shape index (κ1) is 20.8. The van der Waals surface area contributed by atoms with Crippen LogP contribution in [0.25, 0.3) is 10.9 Å². The van der Waals surface area contributed by atoms with Crippen molar-refractivity contribution in [1.82, 2.24) is 9.88 Å². The van der Waals surface area contributed by atoms with Gasteiger partial charge in [-0.25, -0.2) is 0 Å². The minimum absolute atomic E-state index is 0.0789. The molecule has 0 aliphatic carbocycles. The molecule has 1 fully saturated rings. The topological polar surface area (TPSA) is 79.5 Å². The number of aromatic nitrogens is 1. The molecule has 1 aliphatic heterocycles. The van der Waals surface area contributed by atoms with Crippen molar-refractivity contribution in [1.29, 1.82) is 0 Å². The fraction of sp³-hybridized carbons (Fsp3) is 0.320. The minimum Gasteiger partial charge on any atom is -0.454 e. The van der Waals surface area contributed by atoms with Crippen LogP contribution in [0, 0.1) is 12.8 Å². The van der Waals surface area contributed by atoms with Crippen LogP contribution in [0.1, 0.15) is 47.9 Å². The van der Waals surface area contributed by atoms with Crippen molar-refractivity contribution in [2.75, 3.05) is 6.54 Å². The van der Waals surface area contributed by atoms with Gasteiger partial charge in [0.15, 0.2) is 6.10 Å². The summed E-state index contributed by atoms with van der Waals surface area (Å²) < 4.78 is 5.52. The van der Waals surface area contributed by atoms with E-state index in [1.807, 2.05) is 68.4 Å². The quantitative estimate of drug-likeness (QED) is 0.481. The Morgan fingerprint density at radius 3 is 2.48 bits per heavy atom. The van der Waals surface area contributed by atoms with E-state index in [0.717, 1.165) is 22.2 Å². The highest BCUT2D eigenvalue weighted by atomic mass is 16.5. The molecule has 0 bridgehead atoms. The molecule has 0 unspecified atom stereocenters. The van der Waals surface area contributed by atoms with E-state index >= 15 is 0 Å². The molecule has 3 atom stereocenters. The van der Waals surface area contributed by atoms with Crippen LogP contribution in [-0.2, 0) is 14.3 Å². The van der Waals surface area contributed by atoms with Crippen molar-refractivity contribution in [2.45, 2.75) is 39.3 Å². The Morgan fingerprint density at radius 2 is 1.74 bits per heavy atom. The van der Waals surface area contributed by atoms with Crippen molar-refractivity contribution in [3.05, 3.63) is 71.4 Å². The number of carbonyl (C=O) groups excluding carboxylic acids is 3. The lowest BCUT2D eigenvalue weighted by Gasteiger charge is -2.25. The molecule has 31 heavy (non-hydrogen) atoms. The number of hydrogen-bond acceptors (Lipinski definition) is 4. The van der Waals surface area contributed by atoms with Gasteiger partial charge in [-0.2, -0.15) is 0 Å². The molecule has 2 aromatic carbocycles. The van der Waals surface area contributed by atoms with Crippen LogP contribution in [0.4, 0.5) is 0 Å². The Kier molecular flexibility index (Phi) is 5.63. The van der Waals surface area contributed by atoms with E-state index in [1.54, 1.807) is 11.8 Å². The Balaban J connectivity index is 1.44. The highest BCUT2D eigenvalue weighted by Crippen LogP contribution is 2.30. The third-order valence-electron chi connectivity index (χ3n) is 6.04. The summed E-state index contributed by atoms with van der Waals surface area (Å²) in [5.74, 6) is -1.40. The SMILES string of the molecule is Cc1[nH]c2ccccc2c1C(=O)[C@@H](C)OC(=O)[C@H]1CC(=O)N([C@@H](C)c2ccccc2)C1. The molecule has 1 N–H and O–H groups in total. The van der Waals surface area contributed by atoms with E-state index in [-0.39, 0.29) is 24.2 Å². The maximum absolute atomic E-state index is 13.0. The van der Waals surface area contributed by atoms with Crippen molar-refractivity contribution < 1.29 is 19.1 Å². The van der Waals surface area contributed by atoms with Crippen molar-refractivity contribution >= 4 is 28.6 Å². The fourth-order valence-electron chi connectivity index (χ4n) is 4.30. The first-order chi connectivity index (χ1) is 14.9. The molecule has 6 heteroatoms. The number of nitrogens with one attached hydrogen (secondary N) is 1. The Hall–Kier alpha value is -3.41. The number of esters is 1.